The normalized spacial score (nSPS) is 10.7. The van der Waals surface area contributed by atoms with Crippen molar-refractivity contribution in [3.05, 3.63) is 60.5 Å². The van der Waals surface area contributed by atoms with Gasteiger partial charge in [-0.25, -0.2) is 9.11 Å². The quantitative estimate of drug-likeness (QED) is 0.246. The van der Waals surface area contributed by atoms with E-state index in [0.29, 0.717) is 6.29 Å². The number of carbonyl (C=O) groups is 1. The number of aliphatic hydroxyl groups is 1. The molecular formula is C23H31FN2O3S. The van der Waals surface area contributed by atoms with Crippen molar-refractivity contribution in [1.82, 2.24) is 4.72 Å². The Bertz CT molecular complexity index is 805. The summed E-state index contributed by atoms with van der Waals surface area (Å²) in [5, 5.41) is 9.78. The highest BCUT2D eigenvalue weighted by molar-refractivity contribution is 7.98. The summed E-state index contributed by atoms with van der Waals surface area (Å²) in [5.41, 5.74) is -0.340. The highest BCUT2D eigenvalue weighted by Gasteiger charge is 2.21. The van der Waals surface area contributed by atoms with E-state index in [1.54, 1.807) is 31.3 Å². The van der Waals surface area contributed by atoms with Crippen LogP contribution in [0, 0.1) is 17.7 Å². The highest BCUT2D eigenvalue weighted by atomic mass is 32.2. The molecule has 164 valence electrons. The number of aldehydes is 1. The van der Waals surface area contributed by atoms with Crippen LogP contribution in [0.4, 0.5) is 10.1 Å². The number of rotatable bonds is 10. The first-order valence-electron chi connectivity index (χ1n) is 9.47. The van der Waals surface area contributed by atoms with E-state index < -0.39 is 11.4 Å². The Labute approximate surface area is 184 Å². The van der Waals surface area contributed by atoms with Crippen LogP contribution in [0.25, 0.3) is 0 Å². The van der Waals surface area contributed by atoms with Crippen molar-refractivity contribution in [2.45, 2.75) is 33.3 Å². The minimum Gasteiger partial charge on any atom is -0.487 e. The van der Waals surface area contributed by atoms with Crippen LogP contribution in [-0.4, -0.2) is 37.2 Å². The molecule has 0 aliphatic carbocycles. The third-order valence-corrected chi connectivity index (χ3v) is 4.00. The maximum Gasteiger partial charge on any atom is 0.166 e. The van der Waals surface area contributed by atoms with Gasteiger partial charge in [0.15, 0.2) is 5.82 Å². The number of benzene rings is 1. The van der Waals surface area contributed by atoms with Crippen LogP contribution < -0.4 is 13.8 Å². The maximum atomic E-state index is 15.2. The van der Waals surface area contributed by atoms with Gasteiger partial charge in [0.05, 0.1) is 12.1 Å². The summed E-state index contributed by atoms with van der Waals surface area (Å²) in [6, 6.07) is 3.05. The Hall–Kier alpha value is -2.53. The van der Waals surface area contributed by atoms with Crippen LogP contribution in [-0.2, 0) is 4.79 Å². The fraction of sp³-hybridized carbons (Fsp3) is 0.348. The van der Waals surface area contributed by atoms with Crippen molar-refractivity contribution in [2.24, 2.45) is 0 Å². The number of nitrogens with zero attached hydrogens (tertiary/aromatic N) is 1. The van der Waals surface area contributed by atoms with Gasteiger partial charge in [0.1, 0.15) is 29.9 Å². The van der Waals surface area contributed by atoms with E-state index in [1.165, 1.54) is 24.2 Å². The van der Waals surface area contributed by atoms with Crippen LogP contribution >= 0.6 is 12.1 Å². The molecule has 0 amide bonds. The second-order valence-electron chi connectivity index (χ2n) is 6.08. The molecule has 0 unspecified atom stereocenters. The van der Waals surface area contributed by atoms with Crippen molar-refractivity contribution in [2.75, 3.05) is 24.5 Å². The Morgan fingerprint density at radius 2 is 2.07 bits per heavy atom. The lowest BCUT2D eigenvalue weighted by Crippen LogP contribution is -2.23. The van der Waals surface area contributed by atoms with E-state index in [9.17, 15) is 9.90 Å². The van der Waals surface area contributed by atoms with E-state index in [1.807, 2.05) is 13.8 Å². The summed E-state index contributed by atoms with van der Waals surface area (Å²) in [5.74, 6) is 4.82. The number of halogens is 1. The number of allylic oxidation sites excluding steroid dienone is 2. The van der Waals surface area contributed by atoms with Crippen LogP contribution in [0.5, 0.6) is 5.75 Å². The van der Waals surface area contributed by atoms with Gasteiger partial charge in [-0.15, -0.1) is 0 Å². The molecule has 0 atom stereocenters. The molecule has 1 rings (SSSR count). The number of anilines is 1. The lowest BCUT2D eigenvalue weighted by molar-refractivity contribution is -0.106. The number of hydrogen-bond donors (Lipinski definition) is 2. The molecule has 0 saturated heterocycles. The van der Waals surface area contributed by atoms with E-state index in [-0.39, 0.29) is 30.2 Å². The van der Waals surface area contributed by atoms with Gasteiger partial charge in [0, 0.05) is 12.1 Å². The predicted octanol–water partition coefficient (Wildman–Crippen LogP) is 4.44. The minimum atomic E-state index is -1.27. The fourth-order valence-electron chi connectivity index (χ4n) is 2.05. The zero-order chi connectivity index (χ0) is 23.2. The van der Waals surface area contributed by atoms with Crippen molar-refractivity contribution < 1.29 is 19.0 Å². The van der Waals surface area contributed by atoms with Gasteiger partial charge in [0.2, 0.25) is 0 Å². The Balaban J connectivity index is 0.00000407. The first-order valence-corrected chi connectivity index (χ1v) is 10.2. The van der Waals surface area contributed by atoms with Gasteiger partial charge in [-0.2, -0.15) is 0 Å². The smallest absolute Gasteiger partial charge is 0.166 e. The van der Waals surface area contributed by atoms with E-state index in [4.69, 9.17) is 4.74 Å². The summed E-state index contributed by atoms with van der Waals surface area (Å²) >= 11 is 1.05. The second-order valence-corrected chi connectivity index (χ2v) is 7.11. The first-order chi connectivity index (χ1) is 14.3. The van der Waals surface area contributed by atoms with Gasteiger partial charge < -0.3 is 14.6 Å². The molecular weight excluding hydrogens is 403 g/mol. The molecule has 0 radical (unpaired) electrons. The van der Waals surface area contributed by atoms with Crippen LogP contribution in [0.2, 0.25) is 0 Å². The molecule has 0 aliphatic rings. The van der Waals surface area contributed by atoms with Gasteiger partial charge in [-0.3, -0.25) is 4.31 Å². The Morgan fingerprint density at radius 1 is 1.40 bits per heavy atom. The van der Waals surface area contributed by atoms with Crippen molar-refractivity contribution in [3.8, 4) is 17.6 Å². The first kappa shape index (κ1) is 27.5. The van der Waals surface area contributed by atoms with Crippen LogP contribution in [0.3, 0.4) is 0 Å². The average Bonchev–Trinajstić information content (AvgIpc) is 2.71. The molecule has 0 spiro atoms. The summed E-state index contributed by atoms with van der Waals surface area (Å²) in [7, 11) is 1.65. The number of nitrogens with one attached hydrogen (secondary N) is 1. The lowest BCUT2D eigenvalue weighted by Gasteiger charge is -2.24. The molecule has 2 N–H and O–H groups in total. The van der Waals surface area contributed by atoms with E-state index >= 15 is 4.39 Å². The summed E-state index contributed by atoms with van der Waals surface area (Å²) < 4.78 is 25.3. The SMILES string of the molecule is C=C/C=C(\C=C)COc1ccc(C#CC(C)(C)O)c(F)c1N(CC=O)SNC.CC. The summed E-state index contributed by atoms with van der Waals surface area (Å²) in [4.78, 5) is 11.1. The molecule has 0 heterocycles. The minimum absolute atomic E-state index is 0.0715. The molecule has 0 fully saturated rings. The molecule has 7 heteroatoms. The zero-order valence-electron chi connectivity index (χ0n) is 18.3. The molecule has 0 aliphatic heterocycles. The predicted molar refractivity (Wildman–Crippen MR) is 125 cm³/mol. The van der Waals surface area contributed by atoms with Crippen LogP contribution in [0.15, 0.2) is 49.1 Å². The molecule has 0 saturated carbocycles. The topological polar surface area (TPSA) is 61.8 Å². The van der Waals surface area contributed by atoms with Crippen molar-refractivity contribution >= 4 is 24.1 Å². The molecule has 1 aromatic carbocycles. The summed E-state index contributed by atoms with van der Waals surface area (Å²) in [6.07, 6.45) is 5.62. The zero-order valence-corrected chi connectivity index (χ0v) is 19.1. The Kier molecular flexibility index (Phi) is 13.2. The lowest BCUT2D eigenvalue weighted by atomic mass is 10.1. The molecule has 1 aromatic rings. The van der Waals surface area contributed by atoms with Gasteiger partial charge in [-0.1, -0.05) is 57.1 Å². The van der Waals surface area contributed by atoms with E-state index in [2.05, 4.69) is 29.7 Å². The summed E-state index contributed by atoms with van der Waals surface area (Å²) in [6.45, 7) is 14.4. The average molecular weight is 435 g/mol. The third kappa shape index (κ3) is 9.31. The van der Waals surface area contributed by atoms with Gasteiger partial charge in [-0.05, 0) is 38.6 Å². The fourth-order valence-corrected chi connectivity index (χ4v) is 2.67. The largest absolute Gasteiger partial charge is 0.487 e. The van der Waals surface area contributed by atoms with Gasteiger partial charge in [0.25, 0.3) is 0 Å². The molecule has 5 nitrogen and oxygen atoms in total. The van der Waals surface area contributed by atoms with Crippen LogP contribution in [0.1, 0.15) is 33.3 Å². The molecule has 0 aromatic heterocycles. The highest BCUT2D eigenvalue weighted by Crippen LogP contribution is 2.36. The van der Waals surface area contributed by atoms with Crippen molar-refractivity contribution in [1.29, 1.82) is 0 Å². The second kappa shape index (κ2) is 14.5. The number of ether oxygens (including phenoxy) is 1. The molecule has 0 bridgehead atoms. The number of hydrogen-bond acceptors (Lipinski definition) is 6. The van der Waals surface area contributed by atoms with Gasteiger partial charge >= 0.3 is 0 Å². The third-order valence-electron chi connectivity index (χ3n) is 3.26. The monoisotopic (exact) mass is 434 g/mol. The van der Waals surface area contributed by atoms with E-state index in [0.717, 1.165) is 17.7 Å². The van der Waals surface area contributed by atoms with Crippen molar-refractivity contribution in [3.63, 3.8) is 0 Å². The number of carbonyl (C=O) groups excluding carboxylic acids is 1. The molecule has 30 heavy (non-hydrogen) atoms. The maximum absolute atomic E-state index is 15.2. The Morgan fingerprint density at radius 3 is 2.57 bits per heavy atom. The standard InChI is InChI=1S/C21H25FN2O3S.C2H6/c1-6-8-16(7-2)15-27-18-10-9-17(11-12-21(3,4)26)19(22)20(18)24(13-14-25)28-23-5;1-2/h6-10,14,23,26H,1-2,13,15H2,3-5H3;1-2H3/b16-8+;.